The highest BCUT2D eigenvalue weighted by Crippen LogP contribution is 2.69. The first-order chi connectivity index (χ1) is 10.9. The third-order valence-corrected chi connectivity index (χ3v) is 6.93. The largest absolute Gasteiger partial charge is 0.379 e. The van der Waals surface area contributed by atoms with Crippen molar-refractivity contribution in [3.05, 3.63) is 0 Å². The molecule has 5 aliphatic rings. The second-order valence-electron chi connectivity index (χ2n) is 9.62. The van der Waals surface area contributed by atoms with Gasteiger partial charge in [0.15, 0.2) is 0 Å². The molecule has 23 heavy (non-hydrogen) atoms. The van der Waals surface area contributed by atoms with Crippen LogP contribution in [0.2, 0.25) is 0 Å². The summed E-state index contributed by atoms with van der Waals surface area (Å²) < 4.78 is 5.38. The van der Waals surface area contributed by atoms with E-state index in [-0.39, 0.29) is 5.41 Å². The van der Waals surface area contributed by atoms with Gasteiger partial charge in [-0.2, -0.15) is 0 Å². The van der Waals surface area contributed by atoms with E-state index < -0.39 is 0 Å². The van der Waals surface area contributed by atoms with Crippen LogP contribution in [0.15, 0.2) is 0 Å². The Bertz CT molecular complexity index is 468. The minimum absolute atomic E-state index is 0.0616. The second-order valence-corrected chi connectivity index (χ2v) is 9.62. The van der Waals surface area contributed by atoms with Crippen molar-refractivity contribution >= 4 is 5.91 Å². The van der Waals surface area contributed by atoms with Crippen molar-refractivity contribution in [3.8, 4) is 0 Å². The number of hydrogen-bond acceptors (Lipinski definition) is 3. The Morgan fingerprint density at radius 3 is 2.35 bits per heavy atom. The summed E-state index contributed by atoms with van der Waals surface area (Å²) >= 11 is 0. The van der Waals surface area contributed by atoms with E-state index in [1.54, 1.807) is 0 Å². The molecule has 4 nitrogen and oxygen atoms in total. The van der Waals surface area contributed by atoms with Crippen molar-refractivity contribution in [3.63, 3.8) is 0 Å². The van der Waals surface area contributed by atoms with E-state index in [1.165, 1.54) is 19.3 Å². The molecule has 0 aromatic carbocycles. The summed E-state index contributed by atoms with van der Waals surface area (Å²) in [5.41, 5.74) is 0.763. The number of hydrogen-bond donors (Lipinski definition) is 1. The van der Waals surface area contributed by atoms with Gasteiger partial charge in [0.05, 0.1) is 18.6 Å². The maximum absolute atomic E-state index is 13.1. The van der Waals surface area contributed by atoms with Crippen LogP contribution in [0.25, 0.3) is 0 Å². The minimum Gasteiger partial charge on any atom is -0.379 e. The highest BCUT2D eigenvalue weighted by atomic mass is 16.5. The Kier molecular flexibility index (Phi) is 3.77. The SMILES string of the molecule is CC12CC3CC(C)(C1)CC(C(=O)NCCN1CCOCC1)(C3)C2. The van der Waals surface area contributed by atoms with Gasteiger partial charge in [-0.3, -0.25) is 9.69 Å². The van der Waals surface area contributed by atoms with Crippen molar-refractivity contribution in [2.45, 2.75) is 52.4 Å². The summed E-state index contributed by atoms with van der Waals surface area (Å²) in [4.78, 5) is 15.5. The molecule has 1 amide bonds. The first kappa shape index (κ1) is 15.9. The van der Waals surface area contributed by atoms with Gasteiger partial charge in [-0.25, -0.2) is 0 Å². The standard InChI is InChI=1S/C19H32N2O2/c1-17-9-15-10-18(2,12-17)14-19(11-15,13-17)16(22)20-3-4-21-5-7-23-8-6-21/h15H,3-14H2,1-2H3,(H,20,22). The third-order valence-electron chi connectivity index (χ3n) is 6.93. The summed E-state index contributed by atoms with van der Waals surface area (Å²) in [5.74, 6) is 1.14. The van der Waals surface area contributed by atoms with Crippen molar-refractivity contribution in [1.82, 2.24) is 10.2 Å². The molecule has 2 atom stereocenters. The van der Waals surface area contributed by atoms with Crippen LogP contribution in [-0.2, 0) is 9.53 Å². The van der Waals surface area contributed by atoms with Gasteiger partial charge in [0.25, 0.3) is 0 Å². The molecule has 4 aliphatic carbocycles. The average Bonchev–Trinajstić information content (AvgIpc) is 2.44. The molecule has 0 aromatic heterocycles. The number of carbonyl (C=O) groups excluding carboxylic acids is 1. The zero-order valence-corrected chi connectivity index (χ0v) is 14.8. The number of rotatable bonds is 4. The van der Waals surface area contributed by atoms with Crippen LogP contribution in [-0.4, -0.2) is 50.2 Å². The predicted molar refractivity (Wildman–Crippen MR) is 90.1 cm³/mol. The molecular weight excluding hydrogens is 288 g/mol. The molecule has 4 saturated carbocycles. The summed E-state index contributed by atoms with van der Waals surface area (Å²) in [6.07, 6.45) is 7.42. The van der Waals surface area contributed by atoms with Crippen LogP contribution in [0.1, 0.15) is 52.4 Å². The second kappa shape index (κ2) is 5.45. The van der Waals surface area contributed by atoms with Crippen molar-refractivity contribution in [1.29, 1.82) is 0 Å². The number of amides is 1. The van der Waals surface area contributed by atoms with Crippen LogP contribution in [0.4, 0.5) is 0 Å². The molecule has 1 aliphatic heterocycles. The van der Waals surface area contributed by atoms with Crippen molar-refractivity contribution in [2.24, 2.45) is 22.2 Å². The Labute approximate surface area is 140 Å². The molecule has 4 heteroatoms. The first-order valence-electron chi connectivity index (χ1n) is 9.49. The summed E-state index contributed by atoms with van der Waals surface area (Å²) in [6.45, 7) is 10.3. The minimum atomic E-state index is -0.0616. The fraction of sp³-hybridized carbons (Fsp3) is 0.947. The number of morpholine rings is 1. The molecule has 5 rings (SSSR count). The zero-order chi connectivity index (χ0) is 16.1. The molecule has 0 aromatic rings. The number of nitrogens with zero attached hydrogens (tertiary/aromatic N) is 1. The molecule has 5 fully saturated rings. The van der Waals surface area contributed by atoms with E-state index in [1.807, 2.05) is 0 Å². The Hall–Kier alpha value is -0.610. The van der Waals surface area contributed by atoms with Gasteiger partial charge in [0.1, 0.15) is 0 Å². The van der Waals surface area contributed by atoms with E-state index in [9.17, 15) is 4.79 Å². The van der Waals surface area contributed by atoms with E-state index in [4.69, 9.17) is 4.74 Å². The maximum atomic E-state index is 13.1. The Balaban J connectivity index is 1.38. The molecule has 0 spiro atoms. The quantitative estimate of drug-likeness (QED) is 0.865. The molecule has 1 N–H and O–H groups in total. The Morgan fingerprint density at radius 2 is 1.74 bits per heavy atom. The highest BCUT2D eigenvalue weighted by Gasteiger charge is 2.62. The maximum Gasteiger partial charge on any atom is 0.226 e. The smallest absolute Gasteiger partial charge is 0.226 e. The van der Waals surface area contributed by atoms with Crippen LogP contribution in [0.3, 0.4) is 0 Å². The van der Waals surface area contributed by atoms with Gasteiger partial charge in [-0.15, -0.1) is 0 Å². The summed E-state index contributed by atoms with van der Waals surface area (Å²) in [6, 6.07) is 0. The normalized spacial score (nSPS) is 46.1. The van der Waals surface area contributed by atoms with E-state index in [0.717, 1.165) is 64.6 Å². The number of carbonyl (C=O) groups is 1. The van der Waals surface area contributed by atoms with Gasteiger partial charge < -0.3 is 10.1 Å². The van der Waals surface area contributed by atoms with E-state index in [2.05, 4.69) is 24.1 Å². The van der Waals surface area contributed by atoms with Crippen molar-refractivity contribution < 1.29 is 9.53 Å². The van der Waals surface area contributed by atoms with Gasteiger partial charge in [0.2, 0.25) is 5.91 Å². The van der Waals surface area contributed by atoms with Crippen LogP contribution in [0, 0.1) is 22.2 Å². The van der Waals surface area contributed by atoms with Crippen LogP contribution >= 0.6 is 0 Å². The average molecular weight is 320 g/mol. The topological polar surface area (TPSA) is 41.6 Å². The lowest BCUT2D eigenvalue weighted by Gasteiger charge is -2.64. The molecule has 1 saturated heterocycles. The fourth-order valence-electron chi connectivity index (χ4n) is 7.04. The first-order valence-corrected chi connectivity index (χ1v) is 9.49. The fourth-order valence-corrected chi connectivity index (χ4v) is 7.04. The van der Waals surface area contributed by atoms with Crippen LogP contribution < -0.4 is 5.32 Å². The molecule has 2 unspecified atom stereocenters. The van der Waals surface area contributed by atoms with Crippen molar-refractivity contribution in [2.75, 3.05) is 39.4 Å². The van der Waals surface area contributed by atoms with Gasteiger partial charge in [0, 0.05) is 26.2 Å². The Morgan fingerprint density at radius 1 is 1.09 bits per heavy atom. The third kappa shape index (κ3) is 2.93. The monoisotopic (exact) mass is 320 g/mol. The number of nitrogens with one attached hydrogen (secondary N) is 1. The lowest BCUT2D eigenvalue weighted by molar-refractivity contribution is -0.170. The molecule has 130 valence electrons. The molecule has 4 bridgehead atoms. The highest BCUT2D eigenvalue weighted by molar-refractivity contribution is 5.83. The lowest BCUT2D eigenvalue weighted by atomic mass is 9.40. The summed E-state index contributed by atoms with van der Waals surface area (Å²) in [5, 5.41) is 3.30. The van der Waals surface area contributed by atoms with Gasteiger partial charge in [-0.05, 0) is 55.3 Å². The van der Waals surface area contributed by atoms with E-state index >= 15 is 0 Å². The summed E-state index contributed by atoms with van der Waals surface area (Å²) in [7, 11) is 0. The predicted octanol–water partition coefficient (Wildman–Crippen LogP) is 2.43. The number of ether oxygens (including phenoxy) is 1. The molecular formula is C19H32N2O2. The van der Waals surface area contributed by atoms with Gasteiger partial charge >= 0.3 is 0 Å². The molecule has 0 radical (unpaired) electrons. The zero-order valence-electron chi connectivity index (χ0n) is 14.8. The van der Waals surface area contributed by atoms with E-state index in [0.29, 0.717) is 16.7 Å². The van der Waals surface area contributed by atoms with Gasteiger partial charge in [-0.1, -0.05) is 13.8 Å². The molecule has 1 heterocycles. The van der Waals surface area contributed by atoms with Crippen LogP contribution in [0.5, 0.6) is 0 Å². The lowest BCUT2D eigenvalue weighted by Crippen LogP contribution is -2.60.